The molecule has 2 amide bonds. The Labute approximate surface area is 193 Å². The minimum absolute atomic E-state index is 0.0426. The molecule has 1 fully saturated rings. The molecule has 0 radical (unpaired) electrons. The fraction of sp³-hybridized carbons (Fsp3) is 0.296. The van der Waals surface area contributed by atoms with Crippen LogP contribution in [0.25, 0.3) is 0 Å². The number of carbonyl (C=O) groups excluding carboxylic acids is 2. The van der Waals surface area contributed by atoms with Gasteiger partial charge in [-0.15, -0.1) is 0 Å². The first kappa shape index (κ1) is 22.5. The SMILES string of the molecule is Cc1ccc([C@@H]2CCCN2C(=O)c2cccn(CC(=O)NCc3ccccc3)c2=O)cc1C. The summed E-state index contributed by atoms with van der Waals surface area (Å²) in [4.78, 5) is 40.6. The molecule has 1 saturated heterocycles. The molecule has 0 unspecified atom stereocenters. The lowest BCUT2D eigenvalue weighted by atomic mass is 9.99. The van der Waals surface area contributed by atoms with Crippen molar-refractivity contribution < 1.29 is 9.59 Å². The van der Waals surface area contributed by atoms with Crippen LogP contribution < -0.4 is 10.9 Å². The third-order valence-electron chi connectivity index (χ3n) is 6.33. The van der Waals surface area contributed by atoms with Crippen molar-refractivity contribution in [2.75, 3.05) is 6.54 Å². The maximum Gasteiger partial charge on any atom is 0.263 e. The van der Waals surface area contributed by atoms with E-state index in [0.29, 0.717) is 13.1 Å². The fourth-order valence-electron chi connectivity index (χ4n) is 4.31. The van der Waals surface area contributed by atoms with Gasteiger partial charge in [0, 0.05) is 19.3 Å². The average Bonchev–Trinajstić information content (AvgIpc) is 3.31. The van der Waals surface area contributed by atoms with Crippen molar-refractivity contribution in [2.24, 2.45) is 0 Å². The largest absolute Gasteiger partial charge is 0.350 e. The number of nitrogens with zero attached hydrogens (tertiary/aromatic N) is 2. The summed E-state index contributed by atoms with van der Waals surface area (Å²) in [6.45, 7) is 5.01. The van der Waals surface area contributed by atoms with Gasteiger partial charge in [-0.3, -0.25) is 14.4 Å². The molecule has 1 aliphatic rings. The average molecular weight is 444 g/mol. The second-order valence-corrected chi connectivity index (χ2v) is 8.62. The van der Waals surface area contributed by atoms with E-state index in [9.17, 15) is 14.4 Å². The zero-order valence-electron chi connectivity index (χ0n) is 19.1. The normalized spacial score (nSPS) is 15.5. The molecule has 2 aromatic carbocycles. The van der Waals surface area contributed by atoms with E-state index in [1.54, 1.807) is 23.2 Å². The van der Waals surface area contributed by atoms with E-state index in [-0.39, 0.29) is 30.0 Å². The predicted molar refractivity (Wildman–Crippen MR) is 128 cm³/mol. The summed E-state index contributed by atoms with van der Waals surface area (Å²) < 4.78 is 1.30. The van der Waals surface area contributed by atoms with E-state index < -0.39 is 5.56 Å². The van der Waals surface area contributed by atoms with E-state index >= 15 is 0 Å². The zero-order chi connectivity index (χ0) is 23.4. The van der Waals surface area contributed by atoms with Crippen LogP contribution in [0.1, 0.15) is 51.5 Å². The molecule has 1 N–H and O–H groups in total. The van der Waals surface area contributed by atoms with Gasteiger partial charge in [0.15, 0.2) is 0 Å². The van der Waals surface area contributed by atoms with Crippen LogP contribution >= 0.6 is 0 Å². The Morgan fingerprint density at radius 2 is 1.79 bits per heavy atom. The van der Waals surface area contributed by atoms with Crippen LogP contribution in [0.15, 0.2) is 71.7 Å². The molecule has 170 valence electrons. The Kier molecular flexibility index (Phi) is 6.73. The number of aromatic nitrogens is 1. The molecule has 1 atom stereocenters. The molecule has 0 bridgehead atoms. The van der Waals surface area contributed by atoms with Gasteiger partial charge in [-0.25, -0.2) is 0 Å². The van der Waals surface area contributed by atoms with E-state index in [0.717, 1.165) is 24.0 Å². The summed E-state index contributed by atoms with van der Waals surface area (Å²) in [6, 6.07) is 19.0. The fourth-order valence-corrected chi connectivity index (χ4v) is 4.31. The Hall–Kier alpha value is -3.67. The molecule has 6 nitrogen and oxygen atoms in total. The molecule has 6 heteroatoms. The van der Waals surface area contributed by atoms with Crippen LogP contribution in [-0.2, 0) is 17.9 Å². The first-order valence-electron chi connectivity index (χ1n) is 11.3. The Morgan fingerprint density at radius 3 is 2.55 bits per heavy atom. The van der Waals surface area contributed by atoms with Crippen LogP contribution in [-0.4, -0.2) is 27.8 Å². The van der Waals surface area contributed by atoms with E-state index in [1.165, 1.54) is 15.7 Å². The van der Waals surface area contributed by atoms with Crippen LogP contribution in [0.2, 0.25) is 0 Å². The van der Waals surface area contributed by atoms with Gasteiger partial charge in [-0.1, -0.05) is 48.5 Å². The maximum absolute atomic E-state index is 13.4. The molecule has 4 rings (SSSR count). The Bertz CT molecular complexity index is 1220. The summed E-state index contributed by atoms with van der Waals surface area (Å²) in [6.07, 6.45) is 3.31. The summed E-state index contributed by atoms with van der Waals surface area (Å²) in [5.74, 6) is -0.556. The monoisotopic (exact) mass is 443 g/mol. The molecule has 3 aromatic rings. The first-order chi connectivity index (χ1) is 15.9. The lowest BCUT2D eigenvalue weighted by Crippen LogP contribution is -2.38. The smallest absolute Gasteiger partial charge is 0.263 e. The van der Waals surface area contributed by atoms with Crippen molar-refractivity contribution in [1.82, 2.24) is 14.8 Å². The topological polar surface area (TPSA) is 71.4 Å². The highest BCUT2D eigenvalue weighted by Gasteiger charge is 2.32. The molecule has 1 aromatic heterocycles. The second-order valence-electron chi connectivity index (χ2n) is 8.62. The third kappa shape index (κ3) is 5.06. The molecular formula is C27H29N3O3. The summed E-state index contributed by atoms with van der Waals surface area (Å²) >= 11 is 0. The summed E-state index contributed by atoms with van der Waals surface area (Å²) in [5, 5.41) is 2.82. The van der Waals surface area contributed by atoms with Crippen molar-refractivity contribution in [1.29, 1.82) is 0 Å². The number of carbonyl (C=O) groups is 2. The lowest BCUT2D eigenvalue weighted by molar-refractivity contribution is -0.121. The molecule has 0 saturated carbocycles. The van der Waals surface area contributed by atoms with E-state index in [4.69, 9.17) is 0 Å². The minimum atomic E-state index is -0.442. The van der Waals surface area contributed by atoms with E-state index in [2.05, 4.69) is 37.4 Å². The molecule has 1 aliphatic heterocycles. The maximum atomic E-state index is 13.4. The van der Waals surface area contributed by atoms with Gasteiger partial charge in [0.2, 0.25) is 5.91 Å². The van der Waals surface area contributed by atoms with Crippen molar-refractivity contribution in [3.63, 3.8) is 0 Å². The molecule has 2 heterocycles. The number of hydrogen-bond acceptors (Lipinski definition) is 3. The summed E-state index contributed by atoms with van der Waals surface area (Å²) in [5.41, 5.74) is 4.14. The van der Waals surface area contributed by atoms with Crippen molar-refractivity contribution in [2.45, 2.75) is 45.8 Å². The molecular weight excluding hydrogens is 414 g/mol. The van der Waals surface area contributed by atoms with Gasteiger partial charge in [0.1, 0.15) is 12.1 Å². The highest BCUT2D eigenvalue weighted by molar-refractivity contribution is 5.94. The first-order valence-corrected chi connectivity index (χ1v) is 11.3. The number of amides is 2. The van der Waals surface area contributed by atoms with Crippen molar-refractivity contribution in [3.8, 4) is 0 Å². The Balaban J connectivity index is 1.49. The highest BCUT2D eigenvalue weighted by Crippen LogP contribution is 2.33. The Morgan fingerprint density at radius 1 is 1.00 bits per heavy atom. The molecule has 0 aliphatic carbocycles. The number of aryl methyl sites for hydroxylation is 2. The quantitative estimate of drug-likeness (QED) is 0.631. The molecule has 33 heavy (non-hydrogen) atoms. The molecule has 0 spiro atoms. The van der Waals surface area contributed by atoms with Crippen molar-refractivity contribution >= 4 is 11.8 Å². The number of likely N-dealkylation sites (tertiary alicyclic amines) is 1. The van der Waals surface area contributed by atoms with Crippen molar-refractivity contribution in [3.05, 3.63) is 105 Å². The zero-order valence-corrected chi connectivity index (χ0v) is 19.1. The number of hydrogen-bond donors (Lipinski definition) is 1. The van der Waals surface area contributed by atoms with E-state index in [1.807, 2.05) is 30.3 Å². The van der Waals surface area contributed by atoms with Gasteiger partial charge in [0.05, 0.1) is 6.04 Å². The van der Waals surface area contributed by atoms with Crippen LogP contribution in [0, 0.1) is 13.8 Å². The second kappa shape index (κ2) is 9.86. The van der Waals surface area contributed by atoms with Crippen LogP contribution in [0.4, 0.5) is 0 Å². The van der Waals surface area contributed by atoms with Gasteiger partial charge in [-0.2, -0.15) is 0 Å². The number of rotatable bonds is 6. The predicted octanol–water partition coefficient (Wildman–Crippen LogP) is 3.76. The van der Waals surface area contributed by atoms with Gasteiger partial charge >= 0.3 is 0 Å². The van der Waals surface area contributed by atoms with Gasteiger partial charge in [0.25, 0.3) is 11.5 Å². The summed E-state index contributed by atoms with van der Waals surface area (Å²) in [7, 11) is 0. The third-order valence-corrected chi connectivity index (χ3v) is 6.33. The van der Waals surface area contributed by atoms with Crippen LogP contribution in [0.3, 0.4) is 0 Å². The van der Waals surface area contributed by atoms with Gasteiger partial charge in [-0.05, 0) is 61.1 Å². The number of pyridine rings is 1. The van der Waals surface area contributed by atoms with Crippen LogP contribution in [0.5, 0.6) is 0 Å². The number of nitrogens with one attached hydrogen (secondary N) is 1. The number of benzene rings is 2. The highest BCUT2D eigenvalue weighted by atomic mass is 16.2. The minimum Gasteiger partial charge on any atom is -0.350 e. The standard InChI is InChI=1S/C27H29N3O3/c1-19-12-13-22(16-20(19)2)24-11-7-15-30(24)27(33)23-10-6-14-29(26(23)32)18-25(31)28-17-21-8-4-3-5-9-21/h3-6,8-10,12-14,16,24H,7,11,15,17-18H2,1-2H3,(H,28,31)/t24-/m0/s1. The lowest BCUT2D eigenvalue weighted by Gasteiger charge is -2.25. The van der Waals surface area contributed by atoms with Gasteiger partial charge < -0.3 is 14.8 Å².